The van der Waals surface area contributed by atoms with Crippen LogP contribution in [0.2, 0.25) is 5.02 Å². The molecule has 0 bridgehead atoms. The Morgan fingerprint density at radius 2 is 1.74 bits per heavy atom. The van der Waals surface area contributed by atoms with Crippen molar-refractivity contribution in [2.24, 2.45) is 0 Å². The van der Waals surface area contributed by atoms with Gasteiger partial charge in [-0.3, -0.25) is 9.78 Å². The molecule has 0 fully saturated rings. The third-order valence-corrected chi connectivity index (χ3v) is 5.51. The third-order valence-electron chi connectivity index (χ3n) is 5.18. The summed E-state index contributed by atoms with van der Waals surface area (Å²) in [6, 6.07) is 9.04. The molecule has 182 valence electrons. The highest BCUT2D eigenvalue weighted by molar-refractivity contribution is 6.32. The number of hydrogen-bond acceptors (Lipinski definition) is 2. The van der Waals surface area contributed by atoms with E-state index in [1.54, 1.807) is 18.3 Å². The minimum Gasteiger partial charge on any atom is -0.321 e. The van der Waals surface area contributed by atoms with E-state index in [9.17, 15) is 4.79 Å². The van der Waals surface area contributed by atoms with Crippen LogP contribution in [0, 0.1) is 6.92 Å². The molecule has 3 nitrogen and oxygen atoms in total. The largest absolute Gasteiger partial charge is 0.321 e. The molecule has 0 saturated carbocycles. The number of halogens is 1. The smallest absolute Gasteiger partial charge is 0.255 e. The van der Waals surface area contributed by atoms with Crippen LogP contribution in [0.5, 0.6) is 0 Å². The Morgan fingerprint density at radius 1 is 0.943 bits per heavy atom. The Hall–Kier alpha value is -3.43. The first-order chi connectivity index (χ1) is 17.1. The topological polar surface area (TPSA) is 42.0 Å². The summed E-state index contributed by atoms with van der Waals surface area (Å²) in [5.74, 6) is -0.195. The lowest BCUT2D eigenvalue weighted by molar-refractivity contribution is 0.102. The van der Waals surface area contributed by atoms with Crippen molar-refractivity contribution in [2.75, 3.05) is 5.32 Å². The van der Waals surface area contributed by atoms with Crippen LogP contribution in [0.3, 0.4) is 0 Å². The molecule has 2 aromatic rings. The fraction of sp³-hybridized carbons (Fsp3) is 0.226. The van der Waals surface area contributed by atoms with Gasteiger partial charge in [0.05, 0.1) is 11.9 Å². The van der Waals surface area contributed by atoms with Crippen LogP contribution >= 0.6 is 11.6 Å². The molecular formula is C31H35ClN2O. The SMILES string of the molecule is CC.CC.Cc1ccc(NC(=O)c2ccc(Cl)c(C3=CC=C(C4=CCC=CC=C4)CC=C3)c2)cn1. The zero-order chi connectivity index (χ0) is 25.6. The van der Waals surface area contributed by atoms with Gasteiger partial charge in [-0.25, -0.2) is 0 Å². The fourth-order valence-electron chi connectivity index (χ4n) is 3.47. The van der Waals surface area contributed by atoms with Gasteiger partial charge < -0.3 is 5.32 Å². The second-order valence-corrected chi connectivity index (χ2v) is 7.85. The average Bonchev–Trinajstić information content (AvgIpc) is 3.31. The fourth-order valence-corrected chi connectivity index (χ4v) is 3.70. The monoisotopic (exact) mass is 486 g/mol. The maximum Gasteiger partial charge on any atom is 0.255 e. The van der Waals surface area contributed by atoms with Gasteiger partial charge in [-0.15, -0.1) is 0 Å². The van der Waals surface area contributed by atoms with Crippen LogP contribution in [0.25, 0.3) is 5.57 Å². The maximum absolute atomic E-state index is 12.8. The van der Waals surface area contributed by atoms with E-state index >= 15 is 0 Å². The number of allylic oxidation sites excluding steroid dienone is 12. The number of carbonyl (C=O) groups is 1. The lowest BCUT2D eigenvalue weighted by Gasteiger charge is -2.09. The number of anilines is 1. The molecule has 1 N–H and O–H groups in total. The molecule has 1 heterocycles. The second-order valence-electron chi connectivity index (χ2n) is 7.44. The van der Waals surface area contributed by atoms with Crippen LogP contribution in [-0.2, 0) is 0 Å². The Bertz CT molecular complexity index is 1180. The van der Waals surface area contributed by atoms with Crippen LogP contribution in [0.4, 0.5) is 5.69 Å². The molecule has 2 aliphatic carbocycles. The number of nitrogens with one attached hydrogen (secondary N) is 1. The van der Waals surface area contributed by atoms with Crippen molar-refractivity contribution in [1.29, 1.82) is 0 Å². The first kappa shape index (κ1) is 27.8. The standard InChI is InChI=1S/C27H23ClN2O.2C2H6/c1-19-11-15-24(18-29-19)30-27(31)23-14-16-26(28)25(17-23)22-10-6-9-21(12-13-22)20-7-4-2-3-5-8-20;2*1-2/h2-4,6-8,10-18H,5,9H2,1H3,(H,30,31);2*1-2H3. The highest BCUT2D eigenvalue weighted by Crippen LogP contribution is 2.30. The van der Waals surface area contributed by atoms with Crippen LogP contribution in [-0.4, -0.2) is 10.9 Å². The number of pyridine rings is 1. The summed E-state index contributed by atoms with van der Waals surface area (Å²) in [5.41, 5.74) is 6.40. The molecule has 1 aromatic carbocycles. The number of amides is 1. The quantitative estimate of drug-likeness (QED) is 0.468. The van der Waals surface area contributed by atoms with E-state index in [4.69, 9.17) is 11.6 Å². The number of carbonyl (C=O) groups excluding carboxylic acids is 1. The van der Waals surface area contributed by atoms with E-state index in [0.717, 1.165) is 29.7 Å². The number of aryl methyl sites for hydroxylation is 1. The summed E-state index contributed by atoms with van der Waals surface area (Å²) in [5, 5.41) is 3.50. The van der Waals surface area contributed by atoms with E-state index < -0.39 is 0 Å². The highest BCUT2D eigenvalue weighted by Gasteiger charge is 2.13. The number of hydrogen-bond donors (Lipinski definition) is 1. The molecule has 0 aliphatic heterocycles. The molecule has 0 unspecified atom stereocenters. The van der Waals surface area contributed by atoms with Crippen molar-refractivity contribution in [2.45, 2.75) is 47.5 Å². The van der Waals surface area contributed by atoms with E-state index in [1.165, 1.54) is 11.1 Å². The number of rotatable bonds is 4. The van der Waals surface area contributed by atoms with Crippen molar-refractivity contribution in [3.05, 3.63) is 124 Å². The predicted molar refractivity (Wildman–Crippen MR) is 152 cm³/mol. The molecule has 2 aliphatic rings. The van der Waals surface area contributed by atoms with Crippen molar-refractivity contribution in [3.63, 3.8) is 0 Å². The maximum atomic E-state index is 12.8. The third kappa shape index (κ3) is 8.08. The normalized spacial score (nSPS) is 14.1. The zero-order valence-corrected chi connectivity index (χ0v) is 22.1. The first-order valence-corrected chi connectivity index (χ1v) is 12.6. The molecule has 0 radical (unpaired) electrons. The zero-order valence-electron chi connectivity index (χ0n) is 21.3. The molecule has 1 amide bonds. The molecule has 0 saturated heterocycles. The van der Waals surface area contributed by atoms with Crippen molar-refractivity contribution < 1.29 is 4.79 Å². The number of aromatic nitrogens is 1. The van der Waals surface area contributed by atoms with Gasteiger partial charge in [0.1, 0.15) is 0 Å². The summed E-state index contributed by atoms with van der Waals surface area (Å²) in [7, 11) is 0. The molecule has 35 heavy (non-hydrogen) atoms. The Morgan fingerprint density at radius 3 is 2.49 bits per heavy atom. The molecule has 0 spiro atoms. The van der Waals surface area contributed by atoms with Gasteiger partial charge in [-0.2, -0.15) is 0 Å². The van der Waals surface area contributed by atoms with Gasteiger partial charge >= 0.3 is 0 Å². The van der Waals surface area contributed by atoms with Crippen LogP contribution in [0.1, 0.15) is 62.2 Å². The lowest BCUT2D eigenvalue weighted by atomic mass is 10.0. The minimum absolute atomic E-state index is 0.195. The Labute approximate surface area is 215 Å². The summed E-state index contributed by atoms with van der Waals surface area (Å²) >= 11 is 6.50. The van der Waals surface area contributed by atoms with Crippen LogP contribution < -0.4 is 5.32 Å². The second kappa shape index (κ2) is 14.7. The minimum atomic E-state index is -0.195. The van der Waals surface area contributed by atoms with E-state index in [-0.39, 0.29) is 5.91 Å². The average molecular weight is 487 g/mol. The molecule has 0 atom stereocenters. The van der Waals surface area contributed by atoms with Crippen LogP contribution in [0.15, 0.2) is 102 Å². The summed E-state index contributed by atoms with van der Waals surface area (Å²) in [6.45, 7) is 9.91. The van der Waals surface area contributed by atoms with Gasteiger partial charge in [-0.1, -0.05) is 94.0 Å². The van der Waals surface area contributed by atoms with Gasteiger partial charge in [0.15, 0.2) is 0 Å². The number of benzene rings is 1. The van der Waals surface area contributed by atoms with Gasteiger partial charge in [0.25, 0.3) is 5.91 Å². The number of nitrogens with zero attached hydrogens (tertiary/aromatic N) is 1. The van der Waals surface area contributed by atoms with Crippen molar-refractivity contribution in [1.82, 2.24) is 4.98 Å². The van der Waals surface area contributed by atoms with Gasteiger partial charge in [0, 0.05) is 21.8 Å². The Kier molecular flexibility index (Phi) is 11.7. The molecular weight excluding hydrogens is 452 g/mol. The van der Waals surface area contributed by atoms with E-state index in [0.29, 0.717) is 16.3 Å². The first-order valence-electron chi connectivity index (χ1n) is 12.3. The van der Waals surface area contributed by atoms with E-state index in [1.807, 2.05) is 52.8 Å². The lowest BCUT2D eigenvalue weighted by Crippen LogP contribution is -2.12. The highest BCUT2D eigenvalue weighted by atomic mass is 35.5. The Balaban J connectivity index is 0.00000103. The summed E-state index contributed by atoms with van der Waals surface area (Å²) < 4.78 is 0. The molecule has 4 rings (SSSR count). The van der Waals surface area contributed by atoms with Crippen molar-refractivity contribution in [3.8, 4) is 0 Å². The van der Waals surface area contributed by atoms with Gasteiger partial charge in [0.2, 0.25) is 0 Å². The summed E-state index contributed by atoms with van der Waals surface area (Å²) in [4.78, 5) is 17.0. The summed E-state index contributed by atoms with van der Waals surface area (Å²) in [6.07, 6.45) is 22.5. The van der Waals surface area contributed by atoms with Gasteiger partial charge in [-0.05, 0) is 66.8 Å². The molecule has 4 heteroatoms. The molecule has 1 aromatic heterocycles. The van der Waals surface area contributed by atoms with E-state index in [2.05, 4.69) is 65.0 Å². The van der Waals surface area contributed by atoms with Crippen molar-refractivity contribution >= 4 is 28.8 Å². The predicted octanol–water partition coefficient (Wildman–Crippen LogP) is 9.06.